The standard InChI is InChI=1S/C34H32N4O5/c1-42-26-8-5-9-27(43-2)28(26)32-14-20-15-33(18-32,24-11-10-21(17-35)22-6-3-4-7-23(22)24)29(31(40)41)34(16-20,19-32)37-30(39)25-12-13-36-38-25/h3-13,20,29H,14-16,18-19H2,1-2H3,(H,36,38)(H,37,39)(H,40,41). The first kappa shape index (κ1) is 27.0. The van der Waals surface area contributed by atoms with E-state index in [1.165, 1.54) is 6.20 Å². The number of H-pyrrole nitrogens is 1. The monoisotopic (exact) mass is 576 g/mol. The molecular weight excluding hydrogens is 544 g/mol. The van der Waals surface area contributed by atoms with Gasteiger partial charge in [-0.2, -0.15) is 10.4 Å². The lowest BCUT2D eigenvalue weighted by atomic mass is 9.35. The molecule has 0 spiro atoms. The molecule has 3 N–H and O–H groups in total. The molecule has 1 heterocycles. The summed E-state index contributed by atoms with van der Waals surface area (Å²) < 4.78 is 11.9. The van der Waals surface area contributed by atoms with E-state index in [2.05, 4.69) is 21.6 Å². The number of carboxylic acids is 1. The van der Waals surface area contributed by atoms with Crippen molar-refractivity contribution in [1.29, 1.82) is 5.26 Å². The smallest absolute Gasteiger partial charge is 0.309 e. The summed E-state index contributed by atoms with van der Waals surface area (Å²) in [5, 5.41) is 32.7. The SMILES string of the molecule is COc1cccc(OC)c1C12CC3CC(NC(=O)c4ccn[nH]4)(C1)C(C(=O)O)C(c1ccc(C#N)c4ccccc14)(C3)C2. The molecular formula is C34H32N4O5. The summed E-state index contributed by atoms with van der Waals surface area (Å²) in [5.74, 6) is -0.768. The van der Waals surface area contributed by atoms with Gasteiger partial charge in [-0.15, -0.1) is 0 Å². The zero-order chi connectivity index (χ0) is 30.0. The highest BCUT2D eigenvalue weighted by atomic mass is 16.5. The van der Waals surface area contributed by atoms with E-state index in [9.17, 15) is 20.0 Å². The number of aromatic nitrogens is 2. The molecule has 0 radical (unpaired) electrons. The van der Waals surface area contributed by atoms with E-state index in [1.54, 1.807) is 26.4 Å². The number of amides is 1. The van der Waals surface area contributed by atoms with E-state index >= 15 is 0 Å². The Kier molecular flexibility index (Phi) is 6.03. The van der Waals surface area contributed by atoms with E-state index in [4.69, 9.17) is 9.47 Å². The number of nitriles is 1. The zero-order valence-electron chi connectivity index (χ0n) is 24.0. The van der Waals surface area contributed by atoms with Gasteiger partial charge in [0, 0.05) is 22.6 Å². The Morgan fingerprint density at radius 3 is 2.37 bits per heavy atom. The molecule has 4 aromatic rings. The third-order valence-electron chi connectivity index (χ3n) is 10.3. The van der Waals surface area contributed by atoms with Gasteiger partial charge in [-0.05, 0) is 78.6 Å². The molecule has 0 saturated heterocycles. The minimum Gasteiger partial charge on any atom is -0.496 e. The summed E-state index contributed by atoms with van der Waals surface area (Å²) in [6, 6.07) is 21.1. The van der Waals surface area contributed by atoms with Crippen molar-refractivity contribution >= 4 is 22.6 Å². The van der Waals surface area contributed by atoms with Crippen LogP contribution in [0.25, 0.3) is 10.8 Å². The van der Waals surface area contributed by atoms with Gasteiger partial charge >= 0.3 is 5.97 Å². The average molecular weight is 577 g/mol. The second-order valence-corrected chi connectivity index (χ2v) is 12.5. The lowest BCUT2D eigenvalue weighted by molar-refractivity contribution is -0.167. The molecule has 9 nitrogen and oxygen atoms in total. The van der Waals surface area contributed by atoms with Gasteiger partial charge in [0.25, 0.3) is 5.91 Å². The number of hydrogen-bond acceptors (Lipinski definition) is 6. The summed E-state index contributed by atoms with van der Waals surface area (Å²) in [7, 11) is 3.27. The number of aromatic amines is 1. The minimum atomic E-state index is -1.08. The van der Waals surface area contributed by atoms with Gasteiger partial charge in [-0.1, -0.05) is 36.4 Å². The quantitative estimate of drug-likeness (QED) is 0.278. The van der Waals surface area contributed by atoms with Crippen molar-refractivity contribution in [3.8, 4) is 17.6 Å². The van der Waals surface area contributed by atoms with E-state index in [1.807, 2.05) is 48.5 Å². The van der Waals surface area contributed by atoms with Crippen molar-refractivity contribution in [3.05, 3.63) is 89.2 Å². The second-order valence-electron chi connectivity index (χ2n) is 12.5. The van der Waals surface area contributed by atoms with Crippen molar-refractivity contribution < 1.29 is 24.2 Å². The van der Waals surface area contributed by atoms with Gasteiger partial charge in [-0.3, -0.25) is 14.7 Å². The Labute approximate surface area is 248 Å². The number of carbonyl (C=O) groups is 2. The van der Waals surface area contributed by atoms with Gasteiger partial charge in [0.15, 0.2) is 0 Å². The third kappa shape index (κ3) is 3.79. The van der Waals surface area contributed by atoms with E-state index in [0.29, 0.717) is 42.7 Å². The fraction of sp³-hybridized carbons (Fsp3) is 0.353. The van der Waals surface area contributed by atoms with Gasteiger partial charge in [0.2, 0.25) is 0 Å². The Morgan fingerprint density at radius 2 is 1.72 bits per heavy atom. The maximum atomic E-state index is 13.7. The second kappa shape index (κ2) is 9.60. The molecule has 5 unspecified atom stereocenters. The normalized spacial score (nSPS) is 28.8. The van der Waals surface area contributed by atoms with Crippen molar-refractivity contribution in [1.82, 2.24) is 15.5 Å². The van der Waals surface area contributed by atoms with Crippen molar-refractivity contribution in [2.24, 2.45) is 11.8 Å². The van der Waals surface area contributed by atoms with Crippen LogP contribution in [0.3, 0.4) is 0 Å². The number of nitrogens with zero attached hydrogens (tertiary/aromatic N) is 2. The molecule has 5 atom stereocenters. The number of carboxylic acid groups (broad SMARTS) is 1. The summed E-state index contributed by atoms with van der Waals surface area (Å²) in [4.78, 5) is 27.3. The van der Waals surface area contributed by atoms with Gasteiger partial charge < -0.3 is 19.9 Å². The maximum Gasteiger partial charge on any atom is 0.309 e. The minimum absolute atomic E-state index is 0.115. The maximum absolute atomic E-state index is 13.7. The molecule has 3 aromatic carbocycles. The average Bonchev–Trinajstić information content (AvgIpc) is 3.54. The molecule has 4 aliphatic rings. The fourth-order valence-corrected chi connectivity index (χ4v) is 9.49. The predicted octanol–water partition coefficient (Wildman–Crippen LogP) is 5.10. The topological polar surface area (TPSA) is 137 Å². The lowest BCUT2D eigenvalue weighted by Gasteiger charge is -2.69. The lowest BCUT2D eigenvalue weighted by Crippen LogP contribution is -2.75. The molecule has 218 valence electrons. The summed E-state index contributed by atoms with van der Waals surface area (Å²) in [6.07, 6.45) is 4.46. The molecule has 1 aromatic heterocycles. The highest BCUT2D eigenvalue weighted by molar-refractivity contribution is 5.95. The molecule has 4 fully saturated rings. The number of benzene rings is 3. The number of methoxy groups -OCH3 is 2. The largest absolute Gasteiger partial charge is 0.496 e. The molecule has 0 aliphatic heterocycles. The number of hydrogen-bond donors (Lipinski definition) is 3. The van der Waals surface area contributed by atoms with E-state index in [-0.39, 0.29) is 17.5 Å². The van der Waals surface area contributed by atoms with E-state index in [0.717, 1.165) is 28.3 Å². The van der Waals surface area contributed by atoms with Crippen LogP contribution in [0.5, 0.6) is 11.5 Å². The van der Waals surface area contributed by atoms with Crippen LogP contribution in [0, 0.1) is 23.2 Å². The van der Waals surface area contributed by atoms with Crippen LogP contribution in [0.15, 0.2) is 66.9 Å². The molecule has 8 rings (SSSR count). The summed E-state index contributed by atoms with van der Waals surface area (Å²) >= 11 is 0. The number of nitrogens with one attached hydrogen (secondary N) is 2. The van der Waals surface area contributed by atoms with E-state index < -0.39 is 28.3 Å². The first-order chi connectivity index (χ1) is 20.8. The molecule has 4 saturated carbocycles. The third-order valence-corrected chi connectivity index (χ3v) is 10.3. The molecule has 1 amide bonds. The van der Waals surface area contributed by atoms with Crippen LogP contribution in [0.1, 0.15) is 59.3 Å². The first-order valence-electron chi connectivity index (χ1n) is 14.5. The van der Waals surface area contributed by atoms with Gasteiger partial charge in [0.05, 0.1) is 37.3 Å². The Hall–Kier alpha value is -4.84. The number of aliphatic carboxylic acids is 1. The molecule has 43 heavy (non-hydrogen) atoms. The van der Waals surface area contributed by atoms with Crippen molar-refractivity contribution in [2.45, 2.75) is 48.5 Å². The zero-order valence-corrected chi connectivity index (χ0v) is 24.0. The summed E-state index contributed by atoms with van der Waals surface area (Å²) in [6.45, 7) is 0. The van der Waals surface area contributed by atoms with Crippen LogP contribution in [-0.4, -0.2) is 46.9 Å². The van der Waals surface area contributed by atoms with Gasteiger partial charge in [0.1, 0.15) is 17.2 Å². The Bertz CT molecular complexity index is 1790. The number of carbonyl (C=O) groups excluding carboxylic acids is 1. The number of fused-ring (bicyclic) bond motifs is 1. The van der Waals surface area contributed by atoms with Crippen LogP contribution in [0.2, 0.25) is 0 Å². The number of ether oxygens (including phenoxy) is 2. The first-order valence-corrected chi connectivity index (χ1v) is 14.5. The highest BCUT2D eigenvalue weighted by Crippen LogP contribution is 2.71. The molecule has 4 bridgehead atoms. The van der Waals surface area contributed by atoms with Crippen LogP contribution >= 0.6 is 0 Å². The van der Waals surface area contributed by atoms with Crippen molar-refractivity contribution in [3.63, 3.8) is 0 Å². The van der Waals surface area contributed by atoms with Crippen molar-refractivity contribution in [2.75, 3.05) is 14.2 Å². The van der Waals surface area contributed by atoms with Crippen LogP contribution < -0.4 is 14.8 Å². The molecule has 9 heteroatoms. The Balaban J connectivity index is 1.53. The van der Waals surface area contributed by atoms with Gasteiger partial charge in [-0.25, -0.2) is 0 Å². The summed E-state index contributed by atoms with van der Waals surface area (Å²) in [5.41, 5.74) is 0.149. The van der Waals surface area contributed by atoms with Crippen LogP contribution in [-0.2, 0) is 15.6 Å². The Morgan fingerprint density at radius 1 is 0.977 bits per heavy atom. The fourth-order valence-electron chi connectivity index (χ4n) is 9.49. The molecule has 4 aliphatic carbocycles. The highest BCUT2D eigenvalue weighted by Gasteiger charge is 2.72. The predicted molar refractivity (Wildman–Crippen MR) is 158 cm³/mol. The number of rotatable bonds is 7. The van der Waals surface area contributed by atoms with Crippen LogP contribution in [0.4, 0.5) is 0 Å².